The van der Waals surface area contributed by atoms with Crippen LogP contribution in [-0.2, 0) is 6.54 Å². The highest BCUT2D eigenvalue weighted by atomic mass is 32.1. The molecule has 2 aromatic carbocycles. The number of hydrogen-bond donors (Lipinski definition) is 0. The van der Waals surface area contributed by atoms with E-state index in [1.807, 2.05) is 49.4 Å². The molecule has 0 atom stereocenters. The van der Waals surface area contributed by atoms with Gasteiger partial charge in [0.2, 0.25) is 5.82 Å². The van der Waals surface area contributed by atoms with E-state index < -0.39 is 0 Å². The molecule has 0 fully saturated rings. The van der Waals surface area contributed by atoms with Crippen LogP contribution in [0.5, 0.6) is 0 Å². The largest absolute Gasteiger partial charge is 0.239 e. The number of rotatable bonds is 3. The van der Waals surface area contributed by atoms with Gasteiger partial charge in [0.05, 0.1) is 10.2 Å². The van der Waals surface area contributed by atoms with Gasteiger partial charge in [-0.05, 0) is 29.8 Å². The first-order valence-corrected chi connectivity index (χ1v) is 7.79. The Labute approximate surface area is 131 Å². The van der Waals surface area contributed by atoms with Gasteiger partial charge >= 0.3 is 0 Å². The zero-order valence-electron chi connectivity index (χ0n) is 12.0. The molecule has 0 saturated carbocycles. The van der Waals surface area contributed by atoms with E-state index in [1.54, 1.807) is 16.1 Å². The van der Waals surface area contributed by atoms with Crippen molar-refractivity contribution in [2.45, 2.75) is 13.5 Å². The third-order valence-corrected chi connectivity index (χ3v) is 4.47. The van der Waals surface area contributed by atoms with Crippen molar-refractivity contribution in [2.75, 3.05) is 0 Å². The third kappa shape index (κ3) is 2.37. The first-order chi connectivity index (χ1) is 10.8. The van der Waals surface area contributed by atoms with Gasteiger partial charge in [0.25, 0.3) is 0 Å². The molecule has 0 unspecified atom stereocenters. The number of nitrogens with zero attached hydrogens (tertiary/aromatic N) is 5. The normalized spacial score (nSPS) is 11.1. The Bertz CT molecular complexity index is 907. The van der Waals surface area contributed by atoms with Crippen molar-refractivity contribution in [1.82, 2.24) is 25.2 Å². The van der Waals surface area contributed by atoms with Crippen LogP contribution in [0.1, 0.15) is 10.6 Å². The van der Waals surface area contributed by atoms with Crippen LogP contribution in [0, 0.1) is 6.92 Å². The molecule has 2 heterocycles. The zero-order chi connectivity index (χ0) is 14.9. The van der Waals surface area contributed by atoms with E-state index in [-0.39, 0.29) is 0 Å². The smallest absolute Gasteiger partial charge is 0.205 e. The molecule has 0 aliphatic carbocycles. The topological polar surface area (TPSA) is 56.5 Å². The second-order valence-corrected chi connectivity index (χ2v) is 6.15. The Balaban J connectivity index is 1.63. The number of fused-ring (bicyclic) bond motifs is 1. The van der Waals surface area contributed by atoms with Crippen molar-refractivity contribution in [1.29, 1.82) is 0 Å². The van der Waals surface area contributed by atoms with E-state index in [0.29, 0.717) is 12.4 Å². The summed E-state index contributed by atoms with van der Waals surface area (Å²) >= 11 is 1.66. The van der Waals surface area contributed by atoms with E-state index in [2.05, 4.69) is 26.5 Å². The van der Waals surface area contributed by atoms with Crippen LogP contribution in [-0.4, -0.2) is 25.2 Å². The van der Waals surface area contributed by atoms with Gasteiger partial charge in [0.15, 0.2) is 0 Å². The molecular weight excluding hydrogens is 294 g/mol. The van der Waals surface area contributed by atoms with Crippen molar-refractivity contribution in [3.05, 3.63) is 59.1 Å². The maximum atomic E-state index is 4.60. The summed E-state index contributed by atoms with van der Waals surface area (Å²) in [6.45, 7) is 2.59. The number of para-hydroxylation sites is 1. The molecule has 5 nitrogen and oxygen atoms in total. The fourth-order valence-corrected chi connectivity index (χ4v) is 3.29. The van der Waals surface area contributed by atoms with Gasteiger partial charge in [0.1, 0.15) is 11.6 Å². The Morgan fingerprint density at radius 2 is 1.86 bits per heavy atom. The quantitative estimate of drug-likeness (QED) is 0.582. The maximum Gasteiger partial charge on any atom is 0.205 e. The third-order valence-electron chi connectivity index (χ3n) is 3.45. The first kappa shape index (κ1) is 13.1. The highest BCUT2D eigenvalue weighted by Crippen LogP contribution is 2.22. The van der Waals surface area contributed by atoms with Crippen LogP contribution >= 0.6 is 11.3 Å². The molecule has 0 spiro atoms. The summed E-state index contributed by atoms with van der Waals surface area (Å²) < 4.78 is 1.18. The molecule has 22 heavy (non-hydrogen) atoms. The van der Waals surface area contributed by atoms with Crippen LogP contribution in [0.4, 0.5) is 0 Å². The number of thiazole rings is 1. The molecular formula is C16H13N5S. The van der Waals surface area contributed by atoms with E-state index in [9.17, 15) is 0 Å². The van der Waals surface area contributed by atoms with Crippen LogP contribution in [0.25, 0.3) is 21.6 Å². The predicted octanol–water partition coefficient (Wildman–Crippen LogP) is 3.31. The lowest BCUT2D eigenvalue weighted by molar-refractivity contribution is 0.571. The van der Waals surface area contributed by atoms with E-state index in [4.69, 9.17) is 0 Å². The summed E-state index contributed by atoms with van der Waals surface area (Å²) in [7, 11) is 0. The van der Waals surface area contributed by atoms with Crippen LogP contribution in [0.15, 0.2) is 48.5 Å². The summed E-state index contributed by atoms with van der Waals surface area (Å²) in [6, 6.07) is 16.1. The molecule has 0 radical (unpaired) electrons. The Morgan fingerprint density at radius 1 is 1.05 bits per heavy atom. The second-order valence-electron chi connectivity index (χ2n) is 5.03. The van der Waals surface area contributed by atoms with Gasteiger partial charge in [0, 0.05) is 5.56 Å². The lowest BCUT2D eigenvalue weighted by Crippen LogP contribution is -2.03. The molecule has 2 aromatic heterocycles. The molecule has 0 aliphatic heterocycles. The number of hydrogen-bond acceptors (Lipinski definition) is 5. The lowest BCUT2D eigenvalue weighted by atomic mass is 10.1. The first-order valence-electron chi connectivity index (χ1n) is 6.98. The second kappa shape index (κ2) is 5.31. The fourth-order valence-electron chi connectivity index (χ4n) is 2.35. The minimum Gasteiger partial charge on any atom is -0.239 e. The standard InChI is InChI=1S/C16H13N5S/c1-11-6-2-3-7-12(11)16-18-20-21(19-16)10-15-17-13-8-4-5-9-14(13)22-15/h2-9H,10H2,1H3. The van der Waals surface area contributed by atoms with E-state index >= 15 is 0 Å². The number of tetrazole rings is 1. The van der Waals surface area contributed by atoms with Crippen molar-refractivity contribution in [3.63, 3.8) is 0 Å². The van der Waals surface area contributed by atoms with Crippen molar-refractivity contribution < 1.29 is 0 Å². The molecule has 4 aromatic rings. The molecule has 0 N–H and O–H groups in total. The number of aromatic nitrogens is 5. The van der Waals surface area contributed by atoms with Crippen molar-refractivity contribution in [2.24, 2.45) is 0 Å². The number of benzene rings is 2. The van der Waals surface area contributed by atoms with Crippen LogP contribution in [0.2, 0.25) is 0 Å². The van der Waals surface area contributed by atoms with Crippen molar-refractivity contribution >= 4 is 21.6 Å². The van der Waals surface area contributed by atoms with E-state index in [0.717, 1.165) is 21.7 Å². The molecule has 4 rings (SSSR count). The van der Waals surface area contributed by atoms with Crippen LogP contribution < -0.4 is 0 Å². The highest BCUT2D eigenvalue weighted by molar-refractivity contribution is 7.18. The van der Waals surface area contributed by atoms with Gasteiger partial charge in [-0.2, -0.15) is 4.80 Å². The predicted molar refractivity (Wildman–Crippen MR) is 86.7 cm³/mol. The lowest BCUT2D eigenvalue weighted by Gasteiger charge is -1.98. The molecule has 6 heteroatoms. The fraction of sp³-hybridized carbons (Fsp3) is 0.125. The van der Waals surface area contributed by atoms with Gasteiger partial charge in [-0.15, -0.1) is 21.5 Å². The average molecular weight is 307 g/mol. The zero-order valence-corrected chi connectivity index (χ0v) is 12.8. The summed E-state index contributed by atoms with van der Waals surface area (Å²) in [4.78, 5) is 6.19. The highest BCUT2D eigenvalue weighted by Gasteiger charge is 2.10. The average Bonchev–Trinajstić information content (AvgIpc) is 3.14. The molecule has 0 aliphatic rings. The molecule has 0 amide bonds. The van der Waals surface area contributed by atoms with Gasteiger partial charge < -0.3 is 0 Å². The minimum absolute atomic E-state index is 0.540. The van der Waals surface area contributed by atoms with Crippen molar-refractivity contribution in [3.8, 4) is 11.4 Å². The summed E-state index contributed by atoms with van der Waals surface area (Å²) in [6.07, 6.45) is 0. The molecule has 108 valence electrons. The Kier molecular flexibility index (Phi) is 3.16. The van der Waals surface area contributed by atoms with Gasteiger partial charge in [-0.1, -0.05) is 36.4 Å². The summed E-state index contributed by atoms with van der Waals surface area (Å²) in [5, 5.41) is 13.7. The Morgan fingerprint density at radius 3 is 2.73 bits per heavy atom. The summed E-state index contributed by atoms with van der Waals surface area (Å²) in [5.41, 5.74) is 3.17. The maximum absolute atomic E-state index is 4.60. The van der Waals surface area contributed by atoms with Crippen LogP contribution in [0.3, 0.4) is 0 Å². The molecule has 0 saturated heterocycles. The summed E-state index contributed by atoms with van der Waals surface area (Å²) in [5.74, 6) is 0.652. The minimum atomic E-state index is 0.540. The van der Waals surface area contributed by atoms with Gasteiger partial charge in [-0.25, -0.2) is 4.98 Å². The SMILES string of the molecule is Cc1ccccc1-c1nnn(Cc2nc3ccccc3s2)n1. The molecule has 0 bridgehead atoms. The Hall–Kier alpha value is -2.60. The monoisotopic (exact) mass is 307 g/mol. The number of aryl methyl sites for hydroxylation is 1. The van der Waals surface area contributed by atoms with Gasteiger partial charge in [-0.3, -0.25) is 0 Å². The van der Waals surface area contributed by atoms with E-state index in [1.165, 1.54) is 4.70 Å².